The van der Waals surface area contributed by atoms with E-state index in [0.717, 1.165) is 11.3 Å². The van der Waals surface area contributed by atoms with Gasteiger partial charge in [-0.1, -0.05) is 30.0 Å². The molecule has 0 saturated heterocycles. The van der Waals surface area contributed by atoms with Crippen LogP contribution in [0.4, 0.5) is 5.69 Å². The first kappa shape index (κ1) is 16.8. The second-order valence-corrected chi connectivity index (χ2v) is 6.25. The van der Waals surface area contributed by atoms with Crippen LogP contribution in [0.2, 0.25) is 0 Å². The van der Waals surface area contributed by atoms with E-state index in [1.54, 1.807) is 30.5 Å². The lowest BCUT2D eigenvalue weighted by Gasteiger charge is -2.08. The molecule has 0 aliphatic heterocycles. The predicted molar refractivity (Wildman–Crippen MR) is 97.2 cm³/mol. The molecule has 25 heavy (non-hydrogen) atoms. The van der Waals surface area contributed by atoms with Gasteiger partial charge in [-0.3, -0.25) is 4.79 Å². The maximum Gasteiger partial charge on any atom is 0.234 e. The number of nitriles is 1. The van der Waals surface area contributed by atoms with Crippen LogP contribution < -0.4 is 5.32 Å². The highest BCUT2D eigenvalue weighted by Gasteiger charge is 2.12. The number of aryl methyl sites for hydroxylation is 1. The molecule has 3 aromatic rings. The number of nitrogens with zero attached hydrogens (tertiary/aromatic N) is 2. The summed E-state index contributed by atoms with van der Waals surface area (Å²) in [5.74, 6) is 0.640. The summed E-state index contributed by atoms with van der Waals surface area (Å²) >= 11 is 1.23. The molecular weight excluding hydrogens is 334 g/mol. The first-order valence-electron chi connectivity index (χ1n) is 7.60. The quantitative estimate of drug-likeness (QED) is 0.697. The van der Waals surface area contributed by atoms with Crippen molar-refractivity contribution < 1.29 is 9.21 Å². The second-order valence-electron chi connectivity index (χ2n) is 5.29. The van der Waals surface area contributed by atoms with Gasteiger partial charge in [0.15, 0.2) is 5.76 Å². The van der Waals surface area contributed by atoms with Gasteiger partial charge in [-0.15, -0.1) is 0 Å². The van der Waals surface area contributed by atoms with Crippen LogP contribution in [0.15, 0.2) is 64.2 Å². The van der Waals surface area contributed by atoms with Crippen LogP contribution in [0.3, 0.4) is 0 Å². The van der Waals surface area contributed by atoms with Crippen LogP contribution in [0.25, 0.3) is 11.5 Å². The highest BCUT2D eigenvalue weighted by atomic mass is 32.2. The molecule has 0 aliphatic carbocycles. The Labute approximate surface area is 149 Å². The van der Waals surface area contributed by atoms with E-state index < -0.39 is 0 Å². The fourth-order valence-electron chi connectivity index (χ4n) is 2.23. The molecule has 1 aromatic carbocycles. The normalized spacial score (nSPS) is 10.2. The number of anilines is 1. The van der Waals surface area contributed by atoms with Crippen molar-refractivity contribution in [3.63, 3.8) is 0 Å². The standard InChI is InChI=1S/C19H15N3O2S/c1-13-5-2-3-6-15(13)21-18(23)12-25-19-14(11-20)8-9-16(22-19)17-7-4-10-24-17/h2-10H,12H2,1H3,(H,21,23). The van der Waals surface area contributed by atoms with E-state index in [-0.39, 0.29) is 11.7 Å². The molecular formula is C19H15N3O2S. The van der Waals surface area contributed by atoms with Crippen molar-refractivity contribution in [1.82, 2.24) is 4.98 Å². The molecule has 2 aromatic heterocycles. The number of hydrogen-bond acceptors (Lipinski definition) is 5. The Hall–Kier alpha value is -3.04. The smallest absolute Gasteiger partial charge is 0.234 e. The zero-order chi connectivity index (χ0) is 17.6. The van der Waals surface area contributed by atoms with Gasteiger partial charge >= 0.3 is 0 Å². The third kappa shape index (κ3) is 4.08. The summed E-state index contributed by atoms with van der Waals surface area (Å²) < 4.78 is 5.33. The Morgan fingerprint density at radius 2 is 2.08 bits per heavy atom. The van der Waals surface area contributed by atoms with Gasteiger partial charge in [0, 0.05) is 5.69 Å². The number of pyridine rings is 1. The molecule has 2 heterocycles. The summed E-state index contributed by atoms with van der Waals surface area (Å²) in [6, 6.07) is 16.7. The number of carbonyl (C=O) groups is 1. The number of carbonyl (C=O) groups excluding carboxylic acids is 1. The zero-order valence-corrected chi connectivity index (χ0v) is 14.3. The molecule has 0 bridgehead atoms. The first-order chi connectivity index (χ1) is 12.2. The Morgan fingerprint density at radius 1 is 1.24 bits per heavy atom. The summed E-state index contributed by atoms with van der Waals surface area (Å²) in [5.41, 5.74) is 2.84. The molecule has 0 radical (unpaired) electrons. The number of rotatable bonds is 5. The van der Waals surface area contributed by atoms with Crippen molar-refractivity contribution in [1.29, 1.82) is 5.26 Å². The lowest BCUT2D eigenvalue weighted by atomic mass is 10.2. The molecule has 0 saturated carbocycles. The van der Waals surface area contributed by atoms with Crippen molar-refractivity contribution in [2.24, 2.45) is 0 Å². The van der Waals surface area contributed by atoms with E-state index in [1.165, 1.54) is 11.8 Å². The van der Waals surface area contributed by atoms with E-state index in [0.29, 0.717) is 22.0 Å². The maximum absolute atomic E-state index is 12.2. The minimum atomic E-state index is -0.145. The summed E-state index contributed by atoms with van der Waals surface area (Å²) in [6.45, 7) is 1.94. The van der Waals surface area contributed by atoms with E-state index >= 15 is 0 Å². The summed E-state index contributed by atoms with van der Waals surface area (Å²) in [5, 5.41) is 12.6. The van der Waals surface area contributed by atoms with Gasteiger partial charge in [0.05, 0.1) is 17.6 Å². The Morgan fingerprint density at radius 3 is 2.80 bits per heavy atom. The molecule has 0 aliphatic rings. The molecule has 1 amide bonds. The monoisotopic (exact) mass is 349 g/mol. The van der Waals surface area contributed by atoms with E-state index in [1.807, 2.05) is 31.2 Å². The molecule has 3 rings (SSSR count). The number of furan rings is 1. The van der Waals surface area contributed by atoms with E-state index in [2.05, 4.69) is 16.4 Å². The fourth-order valence-corrected chi connectivity index (χ4v) is 3.00. The van der Waals surface area contributed by atoms with Gasteiger partial charge in [0.1, 0.15) is 16.8 Å². The van der Waals surface area contributed by atoms with Crippen LogP contribution in [0.1, 0.15) is 11.1 Å². The van der Waals surface area contributed by atoms with Crippen molar-refractivity contribution in [3.05, 3.63) is 65.9 Å². The van der Waals surface area contributed by atoms with E-state index in [9.17, 15) is 10.1 Å². The Balaban J connectivity index is 1.72. The molecule has 5 nitrogen and oxygen atoms in total. The average molecular weight is 349 g/mol. The third-order valence-corrected chi connectivity index (χ3v) is 4.50. The van der Waals surface area contributed by atoms with E-state index in [4.69, 9.17) is 4.42 Å². The number of aromatic nitrogens is 1. The second kappa shape index (κ2) is 7.69. The lowest BCUT2D eigenvalue weighted by Crippen LogP contribution is -2.15. The van der Waals surface area contributed by atoms with Gasteiger partial charge in [-0.2, -0.15) is 5.26 Å². The molecule has 1 N–H and O–H groups in total. The van der Waals surface area contributed by atoms with Gasteiger partial charge in [0.25, 0.3) is 0 Å². The summed E-state index contributed by atoms with van der Waals surface area (Å²) in [7, 11) is 0. The zero-order valence-electron chi connectivity index (χ0n) is 13.5. The Bertz CT molecular complexity index is 930. The molecule has 6 heteroatoms. The van der Waals surface area contributed by atoms with Gasteiger partial charge in [0.2, 0.25) is 5.91 Å². The number of hydrogen-bond donors (Lipinski definition) is 1. The minimum Gasteiger partial charge on any atom is -0.463 e. The molecule has 124 valence electrons. The van der Waals surface area contributed by atoms with Crippen LogP contribution in [0, 0.1) is 18.3 Å². The van der Waals surface area contributed by atoms with Crippen LogP contribution in [0.5, 0.6) is 0 Å². The maximum atomic E-state index is 12.2. The number of amides is 1. The fraction of sp³-hybridized carbons (Fsp3) is 0.105. The van der Waals surface area contributed by atoms with Crippen LogP contribution >= 0.6 is 11.8 Å². The molecule has 0 fully saturated rings. The first-order valence-corrected chi connectivity index (χ1v) is 8.59. The highest BCUT2D eigenvalue weighted by Crippen LogP contribution is 2.25. The van der Waals surface area contributed by atoms with Gasteiger partial charge in [-0.05, 0) is 42.8 Å². The number of benzene rings is 1. The molecule has 0 unspecified atom stereocenters. The van der Waals surface area contributed by atoms with Crippen LogP contribution in [-0.4, -0.2) is 16.6 Å². The number of thioether (sulfide) groups is 1. The van der Waals surface area contributed by atoms with Crippen molar-refractivity contribution in [2.45, 2.75) is 11.9 Å². The number of para-hydroxylation sites is 1. The topological polar surface area (TPSA) is 78.9 Å². The van der Waals surface area contributed by atoms with Crippen molar-refractivity contribution in [3.8, 4) is 17.5 Å². The largest absolute Gasteiger partial charge is 0.463 e. The van der Waals surface area contributed by atoms with Gasteiger partial charge in [-0.25, -0.2) is 4.98 Å². The predicted octanol–water partition coefficient (Wildman–Crippen LogP) is 4.25. The average Bonchev–Trinajstić information content (AvgIpc) is 3.16. The Kier molecular flexibility index (Phi) is 5.17. The van der Waals surface area contributed by atoms with Crippen molar-refractivity contribution >= 4 is 23.4 Å². The third-order valence-electron chi connectivity index (χ3n) is 3.51. The van der Waals surface area contributed by atoms with Gasteiger partial charge < -0.3 is 9.73 Å². The van der Waals surface area contributed by atoms with Crippen molar-refractivity contribution in [2.75, 3.05) is 11.1 Å². The molecule has 0 atom stereocenters. The van der Waals surface area contributed by atoms with Crippen LogP contribution in [-0.2, 0) is 4.79 Å². The summed E-state index contributed by atoms with van der Waals surface area (Å²) in [6.07, 6.45) is 1.57. The lowest BCUT2D eigenvalue weighted by molar-refractivity contribution is -0.113. The SMILES string of the molecule is Cc1ccccc1NC(=O)CSc1nc(-c2ccco2)ccc1C#N. The molecule has 0 spiro atoms. The highest BCUT2D eigenvalue weighted by molar-refractivity contribution is 8.00. The minimum absolute atomic E-state index is 0.145. The summed E-state index contributed by atoms with van der Waals surface area (Å²) in [4.78, 5) is 16.6. The number of nitrogens with one attached hydrogen (secondary N) is 1.